The molecule has 170 valence electrons. The zero-order valence-electron chi connectivity index (χ0n) is 18.8. The van der Waals surface area contributed by atoms with Gasteiger partial charge in [-0.1, -0.05) is 36.4 Å². The zero-order valence-corrected chi connectivity index (χ0v) is 18.8. The molecule has 1 saturated carbocycles. The molecule has 32 heavy (non-hydrogen) atoms. The Labute approximate surface area is 190 Å². The molecular formula is C27H34N2O3. The second-order valence-corrected chi connectivity index (χ2v) is 9.55. The summed E-state index contributed by atoms with van der Waals surface area (Å²) in [5.41, 5.74) is 6.29. The van der Waals surface area contributed by atoms with Gasteiger partial charge in [0.05, 0.1) is 6.10 Å². The molecule has 0 aromatic heterocycles. The minimum atomic E-state index is -0.750. The van der Waals surface area contributed by atoms with Crippen molar-refractivity contribution in [1.29, 1.82) is 0 Å². The molecule has 2 N–H and O–H groups in total. The SMILES string of the molecule is O=C(O)C(c1ccccc1C1CC1)N1CC[C@@H](OCCCc2ccc3c(c2)NCCC3)C1. The summed E-state index contributed by atoms with van der Waals surface area (Å²) in [5, 5.41) is 13.5. The Kier molecular flexibility index (Phi) is 6.47. The van der Waals surface area contributed by atoms with E-state index in [9.17, 15) is 9.90 Å². The number of aryl methyl sites for hydroxylation is 2. The van der Waals surface area contributed by atoms with Gasteiger partial charge in [0, 0.05) is 31.9 Å². The number of benzene rings is 2. The minimum absolute atomic E-state index is 0.120. The fourth-order valence-electron chi connectivity index (χ4n) is 5.33. The van der Waals surface area contributed by atoms with E-state index in [0.29, 0.717) is 12.5 Å². The van der Waals surface area contributed by atoms with E-state index in [1.807, 2.05) is 18.2 Å². The van der Waals surface area contributed by atoms with Crippen LogP contribution < -0.4 is 5.32 Å². The summed E-state index contributed by atoms with van der Waals surface area (Å²) in [5.74, 6) is -0.207. The van der Waals surface area contributed by atoms with Gasteiger partial charge in [-0.3, -0.25) is 9.69 Å². The summed E-state index contributed by atoms with van der Waals surface area (Å²) in [4.78, 5) is 14.3. The molecule has 5 rings (SSSR count). The lowest BCUT2D eigenvalue weighted by atomic mass is 9.96. The first-order valence-corrected chi connectivity index (χ1v) is 12.2. The molecule has 2 aromatic carbocycles. The number of hydrogen-bond acceptors (Lipinski definition) is 4. The van der Waals surface area contributed by atoms with Gasteiger partial charge in [0.25, 0.3) is 0 Å². The Morgan fingerprint density at radius 2 is 2.06 bits per heavy atom. The van der Waals surface area contributed by atoms with Gasteiger partial charge >= 0.3 is 5.97 Å². The molecule has 0 spiro atoms. The maximum absolute atomic E-state index is 12.2. The summed E-state index contributed by atoms with van der Waals surface area (Å²) in [7, 11) is 0. The highest BCUT2D eigenvalue weighted by atomic mass is 16.5. The van der Waals surface area contributed by atoms with Crippen LogP contribution in [0.1, 0.15) is 66.3 Å². The van der Waals surface area contributed by atoms with Gasteiger partial charge in [0.1, 0.15) is 6.04 Å². The van der Waals surface area contributed by atoms with Crippen molar-refractivity contribution in [3.63, 3.8) is 0 Å². The molecule has 1 aliphatic carbocycles. The number of nitrogens with one attached hydrogen (secondary N) is 1. The number of ether oxygens (including phenoxy) is 1. The van der Waals surface area contributed by atoms with Gasteiger partial charge in [0.2, 0.25) is 0 Å². The molecule has 2 heterocycles. The van der Waals surface area contributed by atoms with E-state index in [1.165, 1.54) is 48.1 Å². The van der Waals surface area contributed by atoms with E-state index in [1.54, 1.807) is 0 Å². The second kappa shape index (κ2) is 9.63. The zero-order chi connectivity index (χ0) is 21.9. The molecule has 1 saturated heterocycles. The minimum Gasteiger partial charge on any atom is -0.480 e. The number of nitrogens with zero attached hydrogens (tertiary/aromatic N) is 1. The topological polar surface area (TPSA) is 61.8 Å². The fraction of sp³-hybridized carbons (Fsp3) is 0.519. The number of fused-ring (bicyclic) bond motifs is 1. The molecule has 3 aliphatic rings. The molecule has 1 unspecified atom stereocenters. The average Bonchev–Trinajstić information content (AvgIpc) is 3.56. The average molecular weight is 435 g/mol. The largest absolute Gasteiger partial charge is 0.480 e. The quantitative estimate of drug-likeness (QED) is 0.557. The molecule has 0 amide bonds. The molecule has 5 heteroatoms. The predicted molar refractivity (Wildman–Crippen MR) is 126 cm³/mol. The van der Waals surface area contributed by atoms with Crippen LogP contribution in [0.25, 0.3) is 0 Å². The molecule has 5 nitrogen and oxygen atoms in total. The smallest absolute Gasteiger partial charge is 0.325 e. The molecular weight excluding hydrogens is 400 g/mol. The Hall–Kier alpha value is -2.37. The molecule has 2 fully saturated rings. The van der Waals surface area contributed by atoms with Crippen LogP contribution in [-0.4, -0.2) is 48.3 Å². The van der Waals surface area contributed by atoms with Crippen molar-refractivity contribution in [2.24, 2.45) is 0 Å². The van der Waals surface area contributed by atoms with Crippen LogP contribution in [0.2, 0.25) is 0 Å². The van der Waals surface area contributed by atoms with Crippen molar-refractivity contribution in [3.05, 3.63) is 64.7 Å². The van der Waals surface area contributed by atoms with Crippen LogP contribution in [0, 0.1) is 0 Å². The molecule has 2 aliphatic heterocycles. The van der Waals surface area contributed by atoms with Gasteiger partial charge in [-0.15, -0.1) is 0 Å². The van der Waals surface area contributed by atoms with Gasteiger partial charge < -0.3 is 15.2 Å². The van der Waals surface area contributed by atoms with E-state index >= 15 is 0 Å². The lowest BCUT2D eigenvalue weighted by Gasteiger charge is -2.26. The number of carboxylic acid groups (broad SMARTS) is 1. The van der Waals surface area contributed by atoms with Gasteiger partial charge in [0.15, 0.2) is 0 Å². The van der Waals surface area contributed by atoms with Crippen molar-refractivity contribution < 1.29 is 14.6 Å². The van der Waals surface area contributed by atoms with Crippen LogP contribution in [0.15, 0.2) is 42.5 Å². The number of aliphatic carboxylic acids is 1. The Morgan fingerprint density at radius 1 is 1.19 bits per heavy atom. The van der Waals surface area contributed by atoms with E-state index in [2.05, 4.69) is 34.5 Å². The van der Waals surface area contributed by atoms with Crippen molar-refractivity contribution >= 4 is 11.7 Å². The summed E-state index contributed by atoms with van der Waals surface area (Å²) in [6.45, 7) is 3.26. The maximum Gasteiger partial charge on any atom is 0.325 e. The van der Waals surface area contributed by atoms with Crippen LogP contribution in [0.3, 0.4) is 0 Å². The third kappa shape index (κ3) is 4.84. The normalized spacial score (nSPS) is 21.7. The van der Waals surface area contributed by atoms with Crippen molar-refractivity contribution in [2.45, 2.75) is 63.0 Å². The predicted octanol–water partition coefficient (Wildman–Crippen LogP) is 4.77. The van der Waals surface area contributed by atoms with Gasteiger partial charge in [-0.25, -0.2) is 0 Å². The number of likely N-dealkylation sites (tertiary alicyclic amines) is 1. The van der Waals surface area contributed by atoms with Crippen LogP contribution in [0.4, 0.5) is 5.69 Å². The number of carboxylic acids is 1. The standard InChI is InChI=1S/C27H34N2O3/c30-27(31)26(24-8-2-1-7-23(24)20-11-12-20)29-15-13-22(18-29)32-16-4-5-19-9-10-21-6-3-14-28-25(21)17-19/h1-2,7-10,17,20,22,26,28H,3-6,11-16,18H2,(H,30,31)/t22-,26?/m1/s1. The second-order valence-electron chi connectivity index (χ2n) is 9.55. The lowest BCUT2D eigenvalue weighted by molar-refractivity contribution is -0.143. The van der Waals surface area contributed by atoms with Crippen molar-refractivity contribution in [3.8, 4) is 0 Å². The van der Waals surface area contributed by atoms with E-state index < -0.39 is 12.0 Å². The molecule has 2 aromatic rings. The first-order valence-electron chi connectivity index (χ1n) is 12.2. The molecule has 0 bridgehead atoms. The van der Waals surface area contributed by atoms with Gasteiger partial charge in [-0.2, -0.15) is 0 Å². The highest BCUT2D eigenvalue weighted by Gasteiger charge is 2.37. The van der Waals surface area contributed by atoms with Crippen LogP contribution >= 0.6 is 0 Å². The summed E-state index contributed by atoms with van der Waals surface area (Å²) in [6, 6.07) is 14.4. The third-order valence-corrected chi connectivity index (χ3v) is 7.16. The molecule has 2 atom stereocenters. The Balaban J connectivity index is 1.13. The summed E-state index contributed by atoms with van der Waals surface area (Å²) < 4.78 is 6.17. The van der Waals surface area contributed by atoms with Crippen molar-refractivity contribution in [1.82, 2.24) is 4.90 Å². The lowest BCUT2D eigenvalue weighted by Crippen LogP contribution is -2.34. The first-order chi connectivity index (χ1) is 15.7. The maximum atomic E-state index is 12.2. The number of anilines is 1. The van der Waals surface area contributed by atoms with Crippen LogP contribution in [0.5, 0.6) is 0 Å². The molecule has 0 radical (unpaired) electrons. The monoisotopic (exact) mass is 434 g/mol. The number of rotatable bonds is 9. The van der Waals surface area contributed by atoms with Crippen LogP contribution in [-0.2, 0) is 22.4 Å². The third-order valence-electron chi connectivity index (χ3n) is 7.16. The number of hydrogen-bond donors (Lipinski definition) is 2. The number of carbonyl (C=O) groups is 1. The van der Waals surface area contributed by atoms with Gasteiger partial charge in [-0.05, 0) is 79.2 Å². The van der Waals surface area contributed by atoms with E-state index in [4.69, 9.17) is 4.74 Å². The Bertz CT molecular complexity index is 956. The summed E-state index contributed by atoms with van der Waals surface area (Å²) in [6.07, 6.45) is 7.76. The van der Waals surface area contributed by atoms with Crippen molar-refractivity contribution in [2.75, 3.05) is 31.6 Å². The Morgan fingerprint density at radius 3 is 2.91 bits per heavy atom. The van der Waals surface area contributed by atoms with E-state index in [0.717, 1.165) is 44.5 Å². The highest BCUT2D eigenvalue weighted by Crippen LogP contribution is 2.44. The summed E-state index contributed by atoms with van der Waals surface area (Å²) >= 11 is 0. The highest BCUT2D eigenvalue weighted by molar-refractivity contribution is 5.76. The first kappa shape index (κ1) is 21.5. The van der Waals surface area contributed by atoms with E-state index in [-0.39, 0.29) is 6.10 Å². The fourth-order valence-corrected chi connectivity index (χ4v) is 5.33.